The second-order valence-electron chi connectivity index (χ2n) is 10.3. The van der Waals surface area contributed by atoms with E-state index in [2.05, 4.69) is 73.8 Å². The van der Waals surface area contributed by atoms with E-state index in [0.717, 1.165) is 55.5 Å². The van der Waals surface area contributed by atoms with Crippen LogP contribution in [0.1, 0.15) is 69.2 Å². The van der Waals surface area contributed by atoms with Gasteiger partial charge in [-0.25, -0.2) is 0 Å². The molecular weight excluding hydrogens is 429 g/mol. The van der Waals surface area contributed by atoms with Gasteiger partial charge < -0.3 is 0 Å². The molecule has 0 fully saturated rings. The normalized spacial score (nSPS) is 33.7. The first kappa shape index (κ1) is 29.6. The zero-order valence-corrected chi connectivity index (χ0v) is 24.0. The smallest absolute Gasteiger partial charge is 0.108 e. The molecule has 0 heterocycles. The van der Waals surface area contributed by atoms with E-state index in [1.165, 1.54) is 27.9 Å². The van der Waals surface area contributed by atoms with Crippen LogP contribution in [0.2, 0.25) is 0 Å². The third-order valence-corrected chi connectivity index (χ3v) is 7.90. The summed E-state index contributed by atoms with van der Waals surface area (Å²) in [6.07, 6.45) is 8.52. The predicted molar refractivity (Wildman–Crippen MR) is 163 cm³/mol. The van der Waals surface area contributed by atoms with E-state index in [9.17, 15) is 0 Å². The highest BCUT2D eigenvalue weighted by atomic mass is 14.3. The lowest BCUT2D eigenvalue weighted by Crippen LogP contribution is -2.03. The first-order valence-electron chi connectivity index (χ1n) is 12.5. The number of fused-ring (bicyclic) bond motifs is 1. The molecule has 0 aliphatic heterocycles. The summed E-state index contributed by atoms with van der Waals surface area (Å²) in [6, 6.07) is 0. The average Bonchev–Trinajstić information content (AvgIpc) is 3.03. The van der Waals surface area contributed by atoms with Gasteiger partial charge in [-0.3, -0.25) is 0 Å². The number of allylic oxidation sites excluding steroid dienone is 20. The third-order valence-electron chi connectivity index (χ3n) is 7.90. The van der Waals surface area contributed by atoms with E-state index >= 15 is 0 Å². The van der Waals surface area contributed by atoms with Crippen LogP contribution >= 0.6 is 0 Å². The first-order valence-corrected chi connectivity index (χ1v) is 12.5. The minimum absolute atomic E-state index is 0.0659. The van der Waals surface area contributed by atoms with Crippen LogP contribution in [-0.2, 0) is 0 Å². The van der Waals surface area contributed by atoms with Crippen molar-refractivity contribution >= 4 is 23.5 Å². The van der Waals surface area contributed by atoms with Crippen molar-refractivity contribution in [3.05, 3.63) is 126 Å². The summed E-state index contributed by atoms with van der Waals surface area (Å²) in [5, 5.41) is 0. The molecule has 1 atom stereocenters. The second-order valence-corrected chi connectivity index (χ2v) is 10.3. The van der Waals surface area contributed by atoms with Crippen molar-refractivity contribution in [1.29, 1.82) is 0 Å². The molecule has 2 bridgehead atoms. The monoisotopic (exact) mass is 468 g/mol. The lowest BCUT2D eigenvalue weighted by Gasteiger charge is -2.17. The SMILES string of the molecule is [B]/C1=C(C)/C(C)=C/C(=C)/C(C)=C([B])\C(C)=C\C2=C(C)C(=C\C(C)/C([B])=C(C)\C(C)=C\C1=C)/C(C)=C2C. The molecule has 0 saturated heterocycles. The van der Waals surface area contributed by atoms with Gasteiger partial charge in [-0.2, -0.15) is 0 Å². The fourth-order valence-electron chi connectivity index (χ4n) is 4.63. The molecule has 0 saturated carbocycles. The highest BCUT2D eigenvalue weighted by Crippen LogP contribution is 2.39. The second kappa shape index (κ2) is 11.6. The Labute approximate surface area is 224 Å². The number of hydrogen-bond donors (Lipinski definition) is 0. The molecule has 1 unspecified atom stereocenters. The van der Waals surface area contributed by atoms with E-state index < -0.39 is 0 Å². The molecule has 0 nitrogen and oxygen atoms in total. The Morgan fingerprint density at radius 3 is 1.67 bits per heavy atom. The summed E-state index contributed by atoms with van der Waals surface area (Å²) >= 11 is 0. The van der Waals surface area contributed by atoms with Crippen LogP contribution in [0.25, 0.3) is 0 Å². The Bertz CT molecular complexity index is 1300. The van der Waals surface area contributed by atoms with E-state index in [4.69, 9.17) is 23.5 Å². The Balaban J connectivity index is 2.90. The van der Waals surface area contributed by atoms with Crippen LogP contribution in [0.15, 0.2) is 126 Å². The van der Waals surface area contributed by atoms with Crippen molar-refractivity contribution in [2.24, 2.45) is 5.92 Å². The quantitative estimate of drug-likeness (QED) is 0.313. The molecule has 0 spiro atoms. The molecular formula is C33H39B3. The maximum Gasteiger partial charge on any atom is 0.115 e. The maximum absolute atomic E-state index is 6.68. The van der Waals surface area contributed by atoms with E-state index in [1.807, 2.05) is 32.9 Å². The Kier molecular flexibility index (Phi) is 9.52. The van der Waals surface area contributed by atoms with Crippen LogP contribution in [0.3, 0.4) is 0 Å². The van der Waals surface area contributed by atoms with Crippen molar-refractivity contribution < 1.29 is 0 Å². The molecule has 2 rings (SSSR count). The van der Waals surface area contributed by atoms with Gasteiger partial charge in [0.15, 0.2) is 0 Å². The molecule has 3 heteroatoms. The van der Waals surface area contributed by atoms with Gasteiger partial charge >= 0.3 is 0 Å². The van der Waals surface area contributed by atoms with Crippen LogP contribution in [0.4, 0.5) is 0 Å². The highest BCUT2D eigenvalue weighted by molar-refractivity contribution is 6.26. The zero-order chi connectivity index (χ0) is 27.6. The Morgan fingerprint density at radius 2 is 1.08 bits per heavy atom. The molecule has 0 aromatic heterocycles. The summed E-state index contributed by atoms with van der Waals surface area (Å²) in [5.41, 5.74) is 16.1. The molecule has 0 aromatic rings. The van der Waals surface area contributed by atoms with Crippen LogP contribution in [0.5, 0.6) is 0 Å². The lowest BCUT2D eigenvalue weighted by molar-refractivity contribution is 0.893. The third kappa shape index (κ3) is 6.00. The van der Waals surface area contributed by atoms with Crippen molar-refractivity contribution in [3.8, 4) is 0 Å². The first-order chi connectivity index (χ1) is 16.6. The summed E-state index contributed by atoms with van der Waals surface area (Å²) < 4.78 is 0. The van der Waals surface area contributed by atoms with Crippen LogP contribution < -0.4 is 0 Å². The summed E-state index contributed by atoms with van der Waals surface area (Å²) in [4.78, 5) is 0. The highest BCUT2D eigenvalue weighted by Gasteiger charge is 2.21. The van der Waals surface area contributed by atoms with Gasteiger partial charge in [0.25, 0.3) is 0 Å². The summed E-state index contributed by atoms with van der Waals surface area (Å²) in [7, 11) is 19.8. The van der Waals surface area contributed by atoms with E-state index in [-0.39, 0.29) is 5.92 Å². The standard InChI is InChI=1S/C33H39B3/c1-17-13-18(2)24(8)32(35)21(5)15-29-26(10)27(11)30(28(29)12)16-22(6)33(36)25(9)19(3)14-20(4)31(34)23(17)7/h13-16,22H,2,4H2,1,3,5-12H3/b17-13+,19-14+,21-15+,30-16-,31-23+,32-24+,33-25+. The summed E-state index contributed by atoms with van der Waals surface area (Å²) in [5.74, 6) is 0.0659. The molecule has 0 aromatic carbocycles. The maximum atomic E-state index is 6.68. The van der Waals surface area contributed by atoms with Gasteiger partial charge in [0.05, 0.1) is 0 Å². The van der Waals surface area contributed by atoms with Crippen molar-refractivity contribution in [1.82, 2.24) is 0 Å². The molecule has 2 aliphatic carbocycles. The summed E-state index contributed by atoms with van der Waals surface area (Å²) in [6.45, 7) is 29.4. The van der Waals surface area contributed by atoms with E-state index in [1.54, 1.807) is 0 Å². The minimum Gasteiger partial charge on any atom is -0.108 e. The van der Waals surface area contributed by atoms with Gasteiger partial charge in [-0.1, -0.05) is 77.6 Å². The molecule has 0 amide bonds. The Hall–Kier alpha value is -2.67. The molecule has 6 radical (unpaired) electrons. The van der Waals surface area contributed by atoms with Gasteiger partial charge in [0.2, 0.25) is 0 Å². The number of rotatable bonds is 0. The molecule has 180 valence electrons. The van der Waals surface area contributed by atoms with Gasteiger partial charge in [-0.05, 0) is 118 Å². The van der Waals surface area contributed by atoms with Gasteiger partial charge in [0, 0.05) is 0 Å². The van der Waals surface area contributed by atoms with Gasteiger partial charge in [0.1, 0.15) is 23.5 Å². The zero-order valence-electron chi connectivity index (χ0n) is 24.0. The largest absolute Gasteiger partial charge is 0.115 e. The van der Waals surface area contributed by atoms with Crippen LogP contribution in [-0.4, -0.2) is 23.5 Å². The van der Waals surface area contributed by atoms with Crippen LogP contribution in [0, 0.1) is 5.92 Å². The van der Waals surface area contributed by atoms with Crippen molar-refractivity contribution in [3.63, 3.8) is 0 Å². The minimum atomic E-state index is 0.0659. The Morgan fingerprint density at radius 1 is 0.556 bits per heavy atom. The number of hydrogen-bond acceptors (Lipinski definition) is 0. The van der Waals surface area contributed by atoms with Crippen molar-refractivity contribution in [2.75, 3.05) is 0 Å². The molecule has 0 N–H and O–H groups in total. The van der Waals surface area contributed by atoms with Crippen molar-refractivity contribution in [2.45, 2.75) is 69.2 Å². The fraction of sp³-hybridized carbons (Fsp3) is 0.333. The van der Waals surface area contributed by atoms with E-state index in [0.29, 0.717) is 5.47 Å². The molecule has 2 aliphatic rings. The molecule has 36 heavy (non-hydrogen) atoms. The lowest BCUT2D eigenvalue weighted by atomic mass is 9.77. The van der Waals surface area contributed by atoms with Gasteiger partial charge in [-0.15, -0.1) is 5.47 Å². The fourth-order valence-corrected chi connectivity index (χ4v) is 4.63. The average molecular weight is 468 g/mol. The topological polar surface area (TPSA) is 0 Å². The predicted octanol–water partition coefficient (Wildman–Crippen LogP) is 8.51.